The molecule has 6 nitrogen and oxygen atoms in total. The molecule has 2 rings (SSSR count). The van der Waals surface area contributed by atoms with Gasteiger partial charge in [-0.1, -0.05) is 0 Å². The van der Waals surface area contributed by atoms with Gasteiger partial charge in [0.25, 0.3) is 0 Å². The smallest absolute Gasteiger partial charge is 0.212 e. The Bertz CT molecular complexity index is 571. The highest BCUT2D eigenvalue weighted by Gasteiger charge is 2.27. The molecular formula is C11H14N4O2S. The molecule has 0 atom stereocenters. The van der Waals surface area contributed by atoms with Crippen LogP contribution in [0.15, 0.2) is 18.3 Å². The Hall–Kier alpha value is -1.65. The van der Waals surface area contributed by atoms with Crippen LogP contribution in [-0.2, 0) is 10.0 Å². The maximum atomic E-state index is 11.2. The molecule has 0 bridgehead atoms. The minimum Gasteiger partial charge on any atom is -0.371 e. The second-order valence-electron chi connectivity index (χ2n) is 4.29. The number of hydrogen-bond donors (Lipinski definition) is 1. The molecule has 0 radical (unpaired) electrons. The second-order valence-corrected chi connectivity index (χ2v) is 6.13. The summed E-state index contributed by atoms with van der Waals surface area (Å²) in [5.74, 6) is 0. The molecule has 1 aromatic heterocycles. The molecule has 2 N–H and O–H groups in total. The van der Waals surface area contributed by atoms with E-state index in [4.69, 9.17) is 10.4 Å². The number of pyridine rings is 1. The van der Waals surface area contributed by atoms with Gasteiger partial charge in [-0.15, -0.1) is 0 Å². The first-order valence-corrected chi connectivity index (χ1v) is 7.24. The van der Waals surface area contributed by atoms with Gasteiger partial charge < -0.3 is 4.90 Å². The van der Waals surface area contributed by atoms with Crippen molar-refractivity contribution in [1.82, 2.24) is 4.98 Å². The van der Waals surface area contributed by atoms with E-state index < -0.39 is 15.3 Å². The molecule has 1 aliphatic heterocycles. The van der Waals surface area contributed by atoms with Crippen LogP contribution >= 0.6 is 0 Å². The Labute approximate surface area is 106 Å². The van der Waals surface area contributed by atoms with Crippen LogP contribution in [0.5, 0.6) is 0 Å². The number of primary sulfonamides is 1. The molecule has 18 heavy (non-hydrogen) atoms. The lowest BCUT2D eigenvalue weighted by atomic mass is 10.1. The lowest BCUT2D eigenvalue weighted by Gasteiger charge is -2.32. The number of nitrogens with zero attached hydrogens (tertiary/aromatic N) is 3. The fourth-order valence-electron chi connectivity index (χ4n) is 2.12. The van der Waals surface area contributed by atoms with Gasteiger partial charge in [0, 0.05) is 25.0 Å². The molecular weight excluding hydrogens is 252 g/mol. The summed E-state index contributed by atoms with van der Waals surface area (Å²) in [7, 11) is -3.44. The van der Waals surface area contributed by atoms with Gasteiger partial charge in [0.2, 0.25) is 10.0 Å². The SMILES string of the molecule is N#Cc1cc(N2CCC(S(N)(=O)=O)CC2)ccn1. The molecule has 2 heterocycles. The number of nitriles is 1. The van der Waals surface area contributed by atoms with E-state index in [0.717, 1.165) is 5.69 Å². The van der Waals surface area contributed by atoms with Gasteiger partial charge in [0.05, 0.1) is 5.25 Å². The molecule has 0 spiro atoms. The van der Waals surface area contributed by atoms with Crippen LogP contribution in [0.25, 0.3) is 0 Å². The third kappa shape index (κ3) is 2.78. The van der Waals surface area contributed by atoms with Crippen LogP contribution in [0, 0.1) is 11.3 Å². The molecule has 1 fully saturated rings. The number of aromatic nitrogens is 1. The highest BCUT2D eigenvalue weighted by Crippen LogP contribution is 2.22. The Morgan fingerprint density at radius 1 is 1.44 bits per heavy atom. The number of rotatable bonds is 2. The number of piperidine rings is 1. The van der Waals surface area contributed by atoms with Crippen molar-refractivity contribution in [2.45, 2.75) is 18.1 Å². The Morgan fingerprint density at radius 3 is 2.67 bits per heavy atom. The summed E-state index contributed by atoms with van der Waals surface area (Å²) in [6.07, 6.45) is 2.62. The normalized spacial score (nSPS) is 17.4. The van der Waals surface area contributed by atoms with Crippen molar-refractivity contribution in [2.24, 2.45) is 5.14 Å². The number of sulfonamides is 1. The fraction of sp³-hybridized carbons (Fsp3) is 0.455. The topological polar surface area (TPSA) is 100 Å². The van der Waals surface area contributed by atoms with E-state index in [-0.39, 0.29) is 0 Å². The van der Waals surface area contributed by atoms with Crippen LogP contribution in [0.4, 0.5) is 5.69 Å². The summed E-state index contributed by atoms with van der Waals surface area (Å²) in [6.45, 7) is 1.24. The van der Waals surface area contributed by atoms with Crippen molar-refractivity contribution in [3.63, 3.8) is 0 Å². The Morgan fingerprint density at radius 2 is 2.11 bits per heavy atom. The Kier molecular flexibility index (Phi) is 3.50. The first-order chi connectivity index (χ1) is 8.50. The quantitative estimate of drug-likeness (QED) is 0.824. The van der Waals surface area contributed by atoms with E-state index in [1.807, 2.05) is 17.0 Å². The summed E-state index contributed by atoms with van der Waals surface area (Å²) >= 11 is 0. The van der Waals surface area contributed by atoms with Gasteiger partial charge in [-0.05, 0) is 25.0 Å². The van der Waals surface area contributed by atoms with E-state index in [1.54, 1.807) is 12.3 Å². The molecule has 0 saturated carbocycles. The zero-order chi connectivity index (χ0) is 13.2. The average Bonchev–Trinajstić information content (AvgIpc) is 2.38. The van der Waals surface area contributed by atoms with Crippen LogP contribution < -0.4 is 10.0 Å². The molecule has 1 aliphatic rings. The highest BCUT2D eigenvalue weighted by molar-refractivity contribution is 7.89. The molecule has 0 aromatic carbocycles. The molecule has 0 unspecified atom stereocenters. The number of hydrogen-bond acceptors (Lipinski definition) is 5. The largest absolute Gasteiger partial charge is 0.371 e. The van der Waals surface area contributed by atoms with Gasteiger partial charge in [0.15, 0.2) is 0 Å². The zero-order valence-corrected chi connectivity index (χ0v) is 10.6. The summed E-state index contributed by atoms with van der Waals surface area (Å²) in [5.41, 5.74) is 1.26. The minimum atomic E-state index is -3.44. The van der Waals surface area contributed by atoms with Crippen molar-refractivity contribution in [3.8, 4) is 6.07 Å². The van der Waals surface area contributed by atoms with E-state index in [0.29, 0.717) is 31.6 Å². The molecule has 1 saturated heterocycles. The first kappa shape index (κ1) is 12.8. The second kappa shape index (κ2) is 4.92. The highest BCUT2D eigenvalue weighted by atomic mass is 32.2. The van der Waals surface area contributed by atoms with Gasteiger partial charge in [-0.2, -0.15) is 5.26 Å². The molecule has 96 valence electrons. The van der Waals surface area contributed by atoms with Crippen molar-refractivity contribution in [3.05, 3.63) is 24.0 Å². The van der Waals surface area contributed by atoms with Crippen molar-refractivity contribution >= 4 is 15.7 Å². The Balaban J connectivity index is 2.08. The minimum absolute atomic E-state index is 0.362. The van der Waals surface area contributed by atoms with E-state index in [9.17, 15) is 8.42 Å². The van der Waals surface area contributed by atoms with Gasteiger partial charge in [-0.3, -0.25) is 0 Å². The van der Waals surface area contributed by atoms with E-state index in [1.165, 1.54) is 0 Å². The summed E-state index contributed by atoms with van der Waals surface area (Å²) in [6, 6.07) is 5.51. The van der Waals surface area contributed by atoms with Crippen LogP contribution in [0.2, 0.25) is 0 Å². The fourth-order valence-corrected chi connectivity index (χ4v) is 2.99. The van der Waals surface area contributed by atoms with Crippen LogP contribution in [0.1, 0.15) is 18.5 Å². The maximum absolute atomic E-state index is 11.2. The van der Waals surface area contributed by atoms with Crippen molar-refractivity contribution < 1.29 is 8.42 Å². The third-order valence-corrected chi connectivity index (χ3v) is 4.53. The lowest BCUT2D eigenvalue weighted by Crippen LogP contribution is -2.41. The van der Waals surface area contributed by atoms with E-state index >= 15 is 0 Å². The van der Waals surface area contributed by atoms with Crippen LogP contribution in [-0.4, -0.2) is 31.7 Å². The average molecular weight is 266 g/mol. The lowest BCUT2D eigenvalue weighted by molar-refractivity contribution is 0.531. The maximum Gasteiger partial charge on any atom is 0.212 e. The van der Waals surface area contributed by atoms with E-state index in [2.05, 4.69) is 4.98 Å². The molecule has 1 aromatic rings. The third-order valence-electron chi connectivity index (χ3n) is 3.13. The van der Waals surface area contributed by atoms with Crippen molar-refractivity contribution in [1.29, 1.82) is 5.26 Å². The van der Waals surface area contributed by atoms with Gasteiger partial charge in [-0.25, -0.2) is 18.5 Å². The standard InChI is InChI=1S/C11H14N4O2S/c12-8-9-7-10(1-4-14-9)15-5-2-11(3-6-15)18(13,16)17/h1,4,7,11H,2-3,5-6H2,(H2,13,16,17). The predicted molar refractivity (Wildman–Crippen MR) is 67.3 cm³/mol. The number of anilines is 1. The zero-order valence-electron chi connectivity index (χ0n) is 9.78. The molecule has 7 heteroatoms. The van der Waals surface area contributed by atoms with Crippen LogP contribution in [0.3, 0.4) is 0 Å². The molecule has 0 amide bonds. The summed E-state index contributed by atoms with van der Waals surface area (Å²) in [5, 5.41) is 13.5. The first-order valence-electron chi connectivity index (χ1n) is 5.63. The van der Waals surface area contributed by atoms with Gasteiger partial charge >= 0.3 is 0 Å². The van der Waals surface area contributed by atoms with Gasteiger partial charge in [0.1, 0.15) is 11.8 Å². The number of nitrogens with two attached hydrogens (primary N) is 1. The monoisotopic (exact) mass is 266 g/mol. The van der Waals surface area contributed by atoms with Crippen molar-refractivity contribution in [2.75, 3.05) is 18.0 Å². The molecule has 0 aliphatic carbocycles. The summed E-state index contributed by atoms with van der Waals surface area (Å²) in [4.78, 5) is 5.95. The summed E-state index contributed by atoms with van der Waals surface area (Å²) < 4.78 is 22.5. The predicted octanol–water partition coefficient (Wildman–Crippen LogP) is 0.211.